The quantitative estimate of drug-likeness (QED) is 0.435. The molecule has 158 valence electrons. The second kappa shape index (κ2) is 9.47. The fraction of sp³-hybridized carbons (Fsp3) is 0.273. The Morgan fingerprint density at radius 3 is 2.33 bits per heavy atom. The monoisotopic (exact) mass is 417 g/mol. The normalized spacial score (nSPS) is 11.2. The minimum atomic E-state index is -4.65. The van der Waals surface area contributed by atoms with Crippen LogP contribution in [-0.4, -0.2) is 23.1 Å². The molecule has 0 bridgehead atoms. The molecule has 0 N–H and O–H groups in total. The average Bonchev–Trinajstić information content (AvgIpc) is 2.74. The molecule has 5 nitrogen and oxygen atoms in total. The first-order valence-corrected chi connectivity index (χ1v) is 9.60. The molecule has 3 aromatic rings. The van der Waals surface area contributed by atoms with Gasteiger partial charge >= 0.3 is 6.18 Å². The number of ether oxygens (including phenoxy) is 2. The molecule has 0 saturated heterocycles. The summed E-state index contributed by atoms with van der Waals surface area (Å²) < 4.78 is 51.8. The summed E-state index contributed by atoms with van der Waals surface area (Å²) in [5, 5.41) is 0. The van der Waals surface area contributed by atoms with Gasteiger partial charge in [-0.2, -0.15) is 18.2 Å². The first kappa shape index (κ1) is 21.4. The second-order valence-corrected chi connectivity index (χ2v) is 6.36. The largest absolute Gasteiger partial charge is 0.491 e. The molecule has 0 unspecified atom stereocenters. The molecule has 0 saturated carbocycles. The van der Waals surface area contributed by atoms with E-state index in [1.807, 2.05) is 32.0 Å². The van der Waals surface area contributed by atoms with Gasteiger partial charge in [0.1, 0.15) is 17.1 Å². The van der Waals surface area contributed by atoms with Crippen molar-refractivity contribution in [3.8, 4) is 17.4 Å². The predicted octanol–water partition coefficient (Wildman–Crippen LogP) is 6.23. The molecule has 0 radical (unpaired) electrons. The summed E-state index contributed by atoms with van der Waals surface area (Å²) in [5.41, 5.74) is -0.374. The van der Waals surface area contributed by atoms with Crippen molar-refractivity contribution in [2.75, 3.05) is 18.1 Å². The highest BCUT2D eigenvalue weighted by atomic mass is 19.4. The third-order valence-corrected chi connectivity index (χ3v) is 4.18. The van der Waals surface area contributed by atoms with E-state index in [0.29, 0.717) is 24.6 Å². The van der Waals surface area contributed by atoms with Gasteiger partial charge in [0.05, 0.1) is 12.3 Å². The maximum atomic E-state index is 13.5. The smallest absolute Gasteiger partial charge is 0.423 e. The Kier molecular flexibility index (Phi) is 6.76. The Morgan fingerprint density at radius 2 is 1.67 bits per heavy atom. The summed E-state index contributed by atoms with van der Waals surface area (Å²) >= 11 is 0. The van der Waals surface area contributed by atoms with Crippen LogP contribution in [0.15, 0.2) is 60.8 Å². The summed E-state index contributed by atoms with van der Waals surface area (Å²) in [4.78, 5) is 9.78. The molecular formula is C22H22F3N3O2. The van der Waals surface area contributed by atoms with Gasteiger partial charge in [-0.25, -0.2) is 4.98 Å². The van der Waals surface area contributed by atoms with Gasteiger partial charge in [-0.05, 0) is 37.6 Å². The van der Waals surface area contributed by atoms with Gasteiger partial charge in [-0.1, -0.05) is 37.3 Å². The number of anilines is 2. The number of benzene rings is 2. The first-order valence-electron chi connectivity index (χ1n) is 9.60. The topological polar surface area (TPSA) is 47.5 Å². The lowest BCUT2D eigenvalue weighted by molar-refractivity contribution is -0.139. The highest BCUT2D eigenvalue weighted by Crippen LogP contribution is 2.39. The van der Waals surface area contributed by atoms with Gasteiger partial charge in [0.15, 0.2) is 0 Å². The number of rotatable bonds is 8. The van der Waals surface area contributed by atoms with E-state index in [1.165, 1.54) is 0 Å². The van der Waals surface area contributed by atoms with Crippen molar-refractivity contribution in [3.05, 3.63) is 66.4 Å². The van der Waals surface area contributed by atoms with E-state index in [-0.39, 0.29) is 11.7 Å². The zero-order chi connectivity index (χ0) is 21.6. The van der Waals surface area contributed by atoms with E-state index in [0.717, 1.165) is 12.6 Å². The van der Waals surface area contributed by atoms with Crippen LogP contribution in [0.3, 0.4) is 0 Å². The lowest BCUT2D eigenvalue weighted by atomic mass is 10.2. The first-order chi connectivity index (χ1) is 14.4. The fourth-order valence-corrected chi connectivity index (χ4v) is 2.79. The molecule has 0 atom stereocenters. The van der Waals surface area contributed by atoms with E-state index in [2.05, 4.69) is 9.97 Å². The van der Waals surface area contributed by atoms with Crippen LogP contribution in [-0.2, 0) is 6.18 Å². The van der Waals surface area contributed by atoms with Gasteiger partial charge in [0.25, 0.3) is 0 Å². The Hall–Kier alpha value is -3.29. The van der Waals surface area contributed by atoms with E-state index in [4.69, 9.17) is 9.47 Å². The molecule has 8 heteroatoms. The predicted molar refractivity (Wildman–Crippen MR) is 108 cm³/mol. The number of nitrogens with zero attached hydrogens (tertiary/aromatic N) is 3. The van der Waals surface area contributed by atoms with Crippen molar-refractivity contribution in [1.82, 2.24) is 9.97 Å². The van der Waals surface area contributed by atoms with Crippen LogP contribution < -0.4 is 14.4 Å². The maximum absolute atomic E-state index is 13.5. The molecule has 2 aromatic carbocycles. The van der Waals surface area contributed by atoms with E-state index >= 15 is 0 Å². The van der Waals surface area contributed by atoms with E-state index in [9.17, 15) is 13.2 Å². The molecule has 0 amide bonds. The summed E-state index contributed by atoms with van der Waals surface area (Å²) in [6.07, 6.45) is -3.08. The van der Waals surface area contributed by atoms with Crippen molar-refractivity contribution < 1.29 is 22.6 Å². The lowest BCUT2D eigenvalue weighted by Crippen LogP contribution is -2.21. The van der Waals surface area contributed by atoms with Crippen LogP contribution >= 0.6 is 0 Å². The Bertz CT molecular complexity index is 965. The summed E-state index contributed by atoms with van der Waals surface area (Å²) in [6, 6.07) is 15.5. The number of hydrogen-bond donors (Lipinski definition) is 0. The van der Waals surface area contributed by atoms with Gasteiger partial charge in [0.2, 0.25) is 11.8 Å². The van der Waals surface area contributed by atoms with Crippen molar-refractivity contribution in [3.63, 3.8) is 0 Å². The molecule has 30 heavy (non-hydrogen) atoms. The van der Waals surface area contributed by atoms with Crippen LogP contribution in [0, 0.1) is 0 Å². The van der Waals surface area contributed by atoms with Gasteiger partial charge in [0, 0.05) is 12.7 Å². The Labute approximate surface area is 173 Å². The van der Waals surface area contributed by atoms with Crippen LogP contribution in [0.2, 0.25) is 0 Å². The van der Waals surface area contributed by atoms with Crippen LogP contribution in [0.4, 0.5) is 24.8 Å². The molecule has 1 heterocycles. The number of alkyl halides is 3. The number of aromatic nitrogens is 2. The minimum Gasteiger partial charge on any atom is -0.491 e. The van der Waals surface area contributed by atoms with Crippen LogP contribution in [0.25, 0.3) is 0 Å². The van der Waals surface area contributed by atoms with Crippen molar-refractivity contribution >= 4 is 11.6 Å². The van der Waals surface area contributed by atoms with Crippen molar-refractivity contribution in [2.45, 2.75) is 26.4 Å². The average molecular weight is 417 g/mol. The highest BCUT2D eigenvalue weighted by Gasteiger charge is 2.37. The number of hydrogen-bond acceptors (Lipinski definition) is 5. The Balaban J connectivity index is 2.04. The molecule has 0 spiro atoms. The van der Waals surface area contributed by atoms with Gasteiger partial charge in [-0.15, -0.1) is 0 Å². The SMILES string of the molecule is CCCOc1ccccc1N(CC)c1ncc(C(F)(F)F)c(Oc2ccccc2)n1. The molecule has 0 fully saturated rings. The zero-order valence-corrected chi connectivity index (χ0v) is 16.7. The number of halogens is 3. The summed E-state index contributed by atoms with van der Waals surface area (Å²) in [5.74, 6) is 0.394. The van der Waals surface area contributed by atoms with Gasteiger partial charge < -0.3 is 14.4 Å². The second-order valence-electron chi connectivity index (χ2n) is 6.36. The summed E-state index contributed by atoms with van der Waals surface area (Å²) in [7, 11) is 0. The van der Waals surface area contributed by atoms with E-state index in [1.54, 1.807) is 41.3 Å². The fourth-order valence-electron chi connectivity index (χ4n) is 2.79. The third kappa shape index (κ3) is 5.00. The Morgan fingerprint density at radius 1 is 0.967 bits per heavy atom. The lowest BCUT2D eigenvalue weighted by Gasteiger charge is -2.24. The standard InChI is InChI=1S/C22H22F3N3O2/c1-3-14-29-19-13-9-8-12-18(19)28(4-2)21-26-15-17(22(23,24)25)20(27-21)30-16-10-6-5-7-11-16/h5-13,15H,3-4,14H2,1-2H3. The number of para-hydroxylation sites is 3. The maximum Gasteiger partial charge on any atom is 0.423 e. The molecule has 3 rings (SSSR count). The summed E-state index contributed by atoms with van der Waals surface area (Å²) in [6.45, 7) is 4.79. The molecule has 0 aliphatic carbocycles. The highest BCUT2D eigenvalue weighted by molar-refractivity contribution is 5.65. The molecule has 0 aliphatic rings. The zero-order valence-electron chi connectivity index (χ0n) is 16.7. The minimum absolute atomic E-state index is 0.0870. The molecule has 0 aliphatic heterocycles. The third-order valence-electron chi connectivity index (χ3n) is 4.18. The van der Waals surface area contributed by atoms with Crippen molar-refractivity contribution in [2.24, 2.45) is 0 Å². The molecule has 1 aromatic heterocycles. The van der Waals surface area contributed by atoms with E-state index < -0.39 is 17.6 Å². The molecular weight excluding hydrogens is 395 g/mol. The van der Waals surface area contributed by atoms with Crippen LogP contribution in [0.1, 0.15) is 25.8 Å². The van der Waals surface area contributed by atoms with Crippen molar-refractivity contribution in [1.29, 1.82) is 0 Å². The van der Waals surface area contributed by atoms with Crippen LogP contribution in [0.5, 0.6) is 17.4 Å². The van der Waals surface area contributed by atoms with Gasteiger partial charge in [-0.3, -0.25) is 0 Å².